The molecular weight excluding hydrogens is 268 g/mol. The van der Waals surface area contributed by atoms with Gasteiger partial charge in [-0.1, -0.05) is 24.6 Å². The van der Waals surface area contributed by atoms with Gasteiger partial charge in [0.2, 0.25) is 0 Å². The van der Waals surface area contributed by atoms with Crippen LogP contribution in [-0.2, 0) is 0 Å². The summed E-state index contributed by atoms with van der Waals surface area (Å²) >= 11 is 7.68. The highest BCUT2D eigenvalue weighted by Crippen LogP contribution is 2.31. The fraction of sp³-hybridized carbons (Fsp3) is 0.308. The molecule has 1 N–H and O–H groups in total. The Morgan fingerprint density at radius 2 is 2.33 bits per heavy atom. The van der Waals surface area contributed by atoms with Gasteiger partial charge in [-0.3, -0.25) is 4.98 Å². The number of methoxy groups -OCH3 is 1. The molecular formula is C13H15ClN2OS. The zero-order valence-electron chi connectivity index (χ0n) is 10.3. The standard InChI is InChI=1S/C13H15ClN2OS/c1-3-16-13(12-7-15-8-18-12)9-4-5-10(14)11(6-9)17-2/h4-8,13,16H,3H2,1-2H3. The van der Waals surface area contributed by atoms with Gasteiger partial charge in [0.05, 0.1) is 23.7 Å². The maximum atomic E-state index is 6.05. The monoisotopic (exact) mass is 282 g/mol. The SMILES string of the molecule is CCNC(c1ccc(Cl)c(OC)c1)c1cncs1. The van der Waals surface area contributed by atoms with Crippen molar-refractivity contribution < 1.29 is 4.74 Å². The van der Waals surface area contributed by atoms with Gasteiger partial charge in [0, 0.05) is 11.1 Å². The van der Waals surface area contributed by atoms with Crippen molar-refractivity contribution in [3.05, 3.63) is 45.4 Å². The topological polar surface area (TPSA) is 34.1 Å². The van der Waals surface area contributed by atoms with Crippen molar-refractivity contribution >= 4 is 22.9 Å². The Balaban J connectivity index is 2.36. The molecule has 0 aliphatic heterocycles. The molecule has 18 heavy (non-hydrogen) atoms. The van der Waals surface area contributed by atoms with Crippen LogP contribution in [0.25, 0.3) is 0 Å². The number of aromatic nitrogens is 1. The summed E-state index contributed by atoms with van der Waals surface area (Å²) in [5.74, 6) is 0.696. The van der Waals surface area contributed by atoms with Gasteiger partial charge in [-0.15, -0.1) is 11.3 Å². The van der Waals surface area contributed by atoms with Crippen molar-refractivity contribution in [2.75, 3.05) is 13.7 Å². The lowest BCUT2D eigenvalue weighted by Crippen LogP contribution is -2.21. The predicted octanol–water partition coefficient (Wildman–Crippen LogP) is 3.50. The normalized spacial score (nSPS) is 12.4. The third-order valence-electron chi connectivity index (χ3n) is 2.65. The Kier molecular flexibility index (Phi) is 4.58. The number of thiazole rings is 1. The van der Waals surface area contributed by atoms with Crippen molar-refractivity contribution in [2.45, 2.75) is 13.0 Å². The van der Waals surface area contributed by atoms with Crippen LogP contribution in [0.15, 0.2) is 29.9 Å². The second-order valence-corrected chi connectivity index (χ2v) is 5.11. The molecule has 96 valence electrons. The molecule has 2 rings (SSSR count). The first kappa shape index (κ1) is 13.3. The summed E-state index contributed by atoms with van der Waals surface area (Å²) in [6, 6.07) is 5.97. The van der Waals surface area contributed by atoms with Crippen LogP contribution in [0.2, 0.25) is 5.02 Å². The summed E-state index contributed by atoms with van der Waals surface area (Å²) < 4.78 is 5.26. The van der Waals surface area contributed by atoms with Crippen LogP contribution in [0.1, 0.15) is 23.4 Å². The maximum absolute atomic E-state index is 6.05. The van der Waals surface area contributed by atoms with Gasteiger partial charge in [0.25, 0.3) is 0 Å². The first-order valence-corrected chi connectivity index (χ1v) is 6.97. The average Bonchev–Trinajstić information content (AvgIpc) is 2.90. The number of halogens is 1. The van der Waals surface area contributed by atoms with E-state index >= 15 is 0 Å². The second kappa shape index (κ2) is 6.18. The van der Waals surface area contributed by atoms with E-state index in [1.165, 1.54) is 4.88 Å². The van der Waals surface area contributed by atoms with Crippen molar-refractivity contribution in [3.63, 3.8) is 0 Å². The number of benzene rings is 1. The smallest absolute Gasteiger partial charge is 0.137 e. The largest absolute Gasteiger partial charge is 0.495 e. The lowest BCUT2D eigenvalue weighted by molar-refractivity contribution is 0.414. The van der Waals surface area contributed by atoms with Crippen molar-refractivity contribution in [1.29, 1.82) is 0 Å². The number of hydrogen-bond donors (Lipinski definition) is 1. The number of ether oxygens (including phenoxy) is 1. The van der Waals surface area contributed by atoms with E-state index in [4.69, 9.17) is 16.3 Å². The molecule has 1 heterocycles. The van der Waals surface area contributed by atoms with E-state index < -0.39 is 0 Å². The molecule has 0 spiro atoms. The van der Waals surface area contributed by atoms with E-state index in [9.17, 15) is 0 Å². The lowest BCUT2D eigenvalue weighted by atomic mass is 10.1. The summed E-state index contributed by atoms with van der Waals surface area (Å²) in [7, 11) is 1.62. The highest BCUT2D eigenvalue weighted by Gasteiger charge is 2.16. The molecule has 0 amide bonds. The summed E-state index contributed by atoms with van der Waals surface area (Å²) in [6.07, 6.45) is 1.89. The third kappa shape index (κ3) is 2.83. The molecule has 0 radical (unpaired) electrons. The predicted molar refractivity (Wildman–Crippen MR) is 75.6 cm³/mol. The molecule has 5 heteroatoms. The fourth-order valence-corrected chi connectivity index (χ4v) is 2.73. The van der Waals surface area contributed by atoms with E-state index in [1.807, 2.05) is 29.9 Å². The number of nitrogens with zero attached hydrogens (tertiary/aromatic N) is 1. The Morgan fingerprint density at radius 1 is 1.50 bits per heavy atom. The van der Waals surface area contributed by atoms with E-state index in [2.05, 4.69) is 17.2 Å². The Bertz CT molecular complexity index is 502. The number of hydrogen-bond acceptors (Lipinski definition) is 4. The van der Waals surface area contributed by atoms with Gasteiger partial charge in [-0.2, -0.15) is 0 Å². The third-order valence-corrected chi connectivity index (χ3v) is 3.81. The van der Waals surface area contributed by atoms with E-state index in [0.29, 0.717) is 10.8 Å². The Morgan fingerprint density at radius 3 is 2.94 bits per heavy atom. The van der Waals surface area contributed by atoms with E-state index in [1.54, 1.807) is 18.4 Å². The molecule has 1 aromatic carbocycles. The van der Waals surface area contributed by atoms with Gasteiger partial charge in [-0.05, 0) is 24.2 Å². The Hall–Kier alpha value is -1.10. The van der Waals surface area contributed by atoms with Gasteiger partial charge in [-0.25, -0.2) is 0 Å². The summed E-state index contributed by atoms with van der Waals surface area (Å²) in [5.41, 5.74) is 2.97. The highest BCUT2D eigenvalue weighted by molar-refractivity contribution is 7.09. The first-order chi connectivity index (χ1) is 8.76. The van der Waals surface area contributed by atoms with Crippen molar-refractivity contribution in [1.82, 2.24) is 10.3 Å². The molecule has 1 aromatic heterocycles. The molecule has 1 atom stereocenters. The maximum Gasteiger partial charge on any atom is 0.137 e. The quantitative estimate of drug-likeness (QED) is 0.911. The molecule has 0 aliphatic rings. The van der Waals surface area contributed by atoms with Gasteiger partial charge < -0.3 is 10.1 Å². The molecule has 3 nitrogen and oxygen atoms in total. The summed E-state index contributed by atoms with van der Waals surface area (Å²) in [4.78, 5) is 5.31. The molecule has 2 aromatic rings. The summed E-state index contributed by atoms with van der Waals surface area (Å²) in [5, 5.41) is 4.07. The molecule has 0 aliphatic carbocycles. The van der Waals surface area contributed by atoms with Crippen LogP contribution in [0.5, 0.6) is 5.75 Å². The second-order valence-electron chi connectivity index (χ2n) is 3.79. The van der Waals surface area contributed by atoms with Crippen LogP contribution in [0.4, 0.5) is 0 Å². The Labute approximate surface area is 116 Å². The minimum absolute atomic E-state index is 0.133. The number of rotatable bonds is 5. The fourth-order valence-electron chi connectivity index (χ4n) is 1.81. The van der Waals surface area contributed by atoms with Crippen molar-refractivity contribution in [3.8, 4) is 5.75 Å². The molecule has 1 unspecified atom stereocenters. The van der Waals surface area contributed by atoms with Gasteiger partial charge >= 0.3 is 0 Å². The molecule has 0 saturated heterocycles. The van der Waals surface area contributed by atoms with Crippen molar-refractivity contribution in [2.24, 2.45) is 0 Å². The van der Waals surface area contributed by atoms with Crippen LogP contribution in [0, 0.1) is 0 Å². The number of nitrogens with one attached hydrogen (secondary N) is 1. The van der Waals surface area contributed by atoms with Crippen LogP contribution < -0.4 is 10.1 Å². The lowest BCUT2D eigenvalue weighted by Gasteiger charge is -2.17. The minimum Gasteiger partial charge on any atom is -0.495 e. The zero-order valence-corrected chi connectivity index (χ0v) is 11.9. The van der Waals surface area contributed by atoms with E-state index in [-0.39, 0.29) is 6.04 Å². The molecule has 0 bridgehead atoms. The molecule has 0 fully saturated rings. The minimum atomic E-state index is 0.133. The van der Waals surface area contributed by atoms with Gasteiger partial charge in [0.15, 0.2) is 0 Å². The van der Waals surface area contributed by atoms with Crippen LogP contribution >= 0.6 is 22.9 Å². The highest BCUT2D eigenvalue weighted by atomic mass is 35.5. The van der Waals surface area contributed by atoms with E-state index in [0.717, 1.165) is 12.1 Å². The summed E-state index contributed by atoms with van der Waals surface area (Å²) in [6.45, 7) is 2.97. The average molecular weight is 283 g/mol. The van der Waals surface area contributed by atoms with Gasteiger partial charge in [0.1, 0.15) is 5.75 Å². The first-order valence-electron chi connectivity index (χ1n) is 5.71. The van der Waals surface area contributed by atoms with Crippen LogP contribution in [-0.4, -0.2) is 18.6 Å². The van der Waals surface area contributed by atoms with Crippen LogP contribution in [0.3, 0.4) is 0 Å². The molecule has 0 saturated carbocycles. The zero-order chi connectivity index (χ0) is 13.0.